The van der Waals surface area contributed by atoms with Gasteiger partial charge in [0.05, 0.1) is 6.61 Å². The zero-order valence-corrected chi connectivity index (χ0v) is 19.0. The molecule has 1 saturated carbocycles. The van der Waals surface area contributed by atoms with Gasteiger partial charge >= 0.3 is 5.97 Å². The standard InChI is InChI=1S/C27H34O4/c1-26(2)17-21(25(27(3,4)18-26)20-9-11-22(28)12-10-20)16-19-7-13-23(14-8-19)31-15-5-6-24(29)30/h7-14,16,25,28H,5-6,15,17-18H2,1-4H3,(H,29,30). The first-order valence-corrected chi connectivity index (χ1v) is 11.0. The van der Waals surface area contributed by atoms with Crippen LogP contribution in [0.3, 0.4) is 0 Å². The third kappa shape index (κ3) is 6.13. The Morgan fingerprint density at radius 2 is 1.71 bits per heavy atom. The number of aromatic hydroxyl groups is 1. The molecule has 0 aromatic heterocycles. The molecule has 4 nitrogen and oxygen atoms in total. The van der Waals surface area contributed by atoms with Crippen LogP contribution in [0.5, 0.6) is 11.5 Å². The predicted molar refractivity (Wildman–Crippen MR) is 124 cm³/mol. The van der Waals surface area contributed by atoms with Gasteiger partial charge in [0.25, 0.3) is 0 Å². The van der Waals surface area contributed by atoms with Crippen LogP contribution >= 0.6 is 0 Å². The van der Waals surface area contributed by atoms with Crippen LogP contribution in [0, 0.1) is 10.8 Å². The maximum atomic E-state index is 10.6. The van der Waals surface area contributed by atoms with Crippen molar-refractivity contribution in [2.45, 2.75) is 59.3 Å². The number of allylic oxidation sites excluding steroid dienone is 1. The molecule has 31 heavy (non-hydrogen) atoms. The molecule has 1 aliphatic rings. The Morgan fingerprint density at radius 1 is 1.06 bits per heavy atom. The summed E-state index contributed by atoms with van der Waals surface area (Å²) < 4.78 is 5.66. The zero-order chi connectivity index (χ0) is 22.6. The molecule has 2 aromatic carbocycles. The summed E-state index contributed by atoms with van der Waals surface area (Å²) in [5.74, 6) is 0.536. The van der Waals surface area contributed by atoms with Crippen LogP contribution in [0.15, 0.2) is 54.1 Å². The summed E-state index contributed by atoms with van der Waals surface area (Å²) in [7, 11) is 0. The molecule has 2 N–H and O–H groups in total. The lowest BCUT2D eigenvalue weighted by atomic mass is 9.56. The van der Waals surface area contributed by atoms with Crippen LogP contribution in [-0.2, 0) is 4.79 Å². The summed E-state index contributed by atoms with van der Waals surface area (Å²) in [6.45, 7) is 9.76. The number of aliphatic carboxylic acids is 1. The number of carboxylic acids is 1. The third-order valence-electron chi connectivity index (χ3n) is 6.03. The van der Waals surface area contributed by atoms with Crippen molar-refractivity contribution in [3.8, 4) is 11.5 Å². The molecular weight excluding hydrogens is 388 g/mol. The Balaban J connectivity index is 1.84. The number of benzene rings is 2. The minimum Gasteiger partial charge on any atom is -0.508 e. The summed E-state index contributed by atoms with van der Waals surface area (Å²) in [6, 6.07) is 15.6. The van der Waals surface area contributed by atoms with E-state index in [0.29, 0.717) is 18.8 Å². The minimum absolute atomic E-state index is 0.0950. The number of hydrogen-bond acceptors (Lipinski definition) is 3. The smallest absolute Gasteiger partial charge is 0.303 e. The number of rotatable bonds is 7. The lowest BCUT2D eigenvalue weighted by Crippen LogP contribution is -2.36. The average Bonchev–Trinajstić information content (AvgIpc) is 2.66. The molecule has 0 spiro atoms. The molecule has 0 heterocycles. The number of phenols is 1. The van der Waals surface area contributed by atoms with Gasteiger partial charge in [-0.05, 0) is 65.5 Å². The van der Waals surface area contributed by atoms with Crippen molar-refractivity contribution in [1.29, 1.82) is 0 Å². The lowest BCUT2D eigenvalue weighted by molar-refractivity contribution is -0.137. The maximum absolute atomic E-state index is 10.6. The van der Waals surface area contributed by atoms with Gasteiger partial charge in [-0.1, -0.05) is 63.6 Å². The highest BCUT2D eigenvalue weighted by molar-refractivity contribution is 5.66. The van der Waals surface area contributed by atoms with Crippen LogP contribution in [0.2, 0.25) is 0 Å². The van der Waals surface area contributed by atoms with E-state index in [4.69, 9.17) is 9.84 Å². The molecule has 1 fully saturated rings. The molecule has 166 valence electrons. The number of carboxylic acid groups (broad SMARTS) is 1. The average molecular weight is 423 g/mol. The van der Waals surface area contributed by atoms with Crippen molar-refractivity contribution in [2.24, 2.45) is 10.8 Å². The van der Waals surface area contributed by atoms with Crippen LogP contribution in [-0.4, -0.2) is 22.8 Å². The van der Waals surface area contributed by atoms with E-state index in [-0.39, 0.29) is 23.2 Å². The van der Waals surface area contributed by atoms with Gasteiger partial charge in [0.1, 0.15) is 11.5 Å². The first-order valence-electron chi connectivity index (χ1n) is 11.0. The Morgan fingerprint density at radius 3 is 2.32 bits per heavy atom. The Bertz CT molecular complexity index is 921. The lowest BCUT2D eigenvalue weighted by Gasteiger charge is -2.48. The molecule has 4 heteroatoms. The molecular formula is C27H34O4. The zero-order valence-electron chi connectivity index (χ0n) is 19.0. The van der Waals surface area contributed by atoms with Crippen molar-refractivity contribution in [2.75, 3.05) is 6.61 Å². The van der Waals surface area contributed by atoms with E-state index in [0.717, 1.165) is 24.2 Å². The van der Waals surface area contributed by atoms with Crippen molar-refractivity contribution < 1.29 is 19.7 Å². The molecule has 0 amide bonds. The Labute approximate surface area is 185 Å². The summed E-state index contributed by atoms with van der Waals surface area (Å²) in [4.78, 5) is 10.6. The first kappa shape index (κ1) is 22.9. The van der Waals surface area contributed by atoms with E-state index >= 15 is 0 Å². The second kappa shape index (κ2) is 9.17. The molecule has 0 aliphatic heterocycles. The molecule has 1 aliphatic carbocycles. The fraction of sp³-hybridized carbons (Fsp3) is 0.444. The number of carbonyl (C=O) groups is 1. The van der Waals surface area contributed by atoms with Gasteiger partial charge < -0.3 is 14.9 Å². The predicted octanol–water partition coefficient (Wildman–Crippen LogP) is 6.65. The highest BCUT2D eigenvalue weighted by Crippen LogP contribution is 2.56. The number of ether oxygens (including phenoxy) is 1. The summed E-state index contributed by atoms with van der Waals surface area (Å²) in [6.07, 6.45) is 5.07. The molecule has 0 bridgehead atoms. The quantitative estimate of drug-likeness (QED) is 0.490. The van der Waals surface area contributed by atoms with E-state index in [9.17, 15) is 9.90 Å². The molecule has 0 radical (unpaired) electrons. The Hall–Kier alpha value is -2.75. The van der Waals surface area contributed by atoms with Crippen molar-refractivity contribution in [1.82, 2.24) is 0 Å². The van der Waals surface area contributed by atoms with Gasteiger partial charge in [-0.15, -0.1) is 0 Å². The second-order valence-corrected chi connectivity index (χ2v) is 10.2. The van der Waals surface area contributed by atoms with Gasteiger partial charge in [0.2, 0.25) is 0 Å². The summed E-state index contributed by atoms with van der Waals surface area (Å²) in [5, 5.41) is 18.5. The fourth-order valence-corrected chi connectivity index (χ4v) is 5.31. The monoisotopic (exact) mass is 422 g/mol. The van der Waals surface area contributed by atoms with E-state index < -0.39 is 5.97 Å². The molecule has 0 saturated heterocycles. The van der Waals surface area contributed by atoms with Crippen LogP contribution < -0.4 is 4.74 Å². The molecule has 3 rings (SSSR count). The molecule has 2 aromatic rings. The van der Waals surface area contributed by atoms with Gasteiger partial charge in [0, 0.05) is 12.3 Å². The highest BCUT2D eigenvalue weighted by Gasteiger charge is 2.43. The van der Waals surface area contributed by atoms with Gasteiger partial charge in [-0.25, -0.2) is 0 Å². The largest absolute Gasteiger partial charge is 0.508 e. The van der Waals surface area contributed by atoms with Gasteiger partial charge in [-0.2, -0.15) is 0 Å². The van der Waals surface area contributed by atoms with Crippen LogP contribution in [0.1, 0.15) is 70.4 Å². The number of hydrogen-bond donors (Lipinski definition) is 2. The number of phenolic OH excluding ortho intramolecular Hbond substituents is 1. The topological polar surface area (TPSA) is 66.8 Å². The first-order chi connectivity index (χ1) is 14.6. The highest BCUT2D eigenvalue weighted by atomic mass is 16.5. The Kier molecular flexibility index (Phi) is 6.78. The van der Waals surface area contributed by atoms with E-state index in [1.807, 2.05) is 24.3 Å². The van der Waals surface area contributed by atoms with E-state index in [1.54, 1.807) is 12.1 Å². The van der Waals surface area contributed by atoms with Gasteiger partial charge in [-0.3, -0.25) is 4.79 Å². The normalized spacial score (nSPS) is 21.0. The van der Waals surface area contributed by atoms with E-state index in [2.05, 4.69) is 45.9 Å². The molecule has 1 atom stereocenters. The fourth-order valence-electron chi connectivity index (χ4n) is 5.31. The van der Waals surface area contributed by atoms with Crippen molar-refractivity contribution in [3.63, 3.8) is 0 Å². The maximum Gasteiger partial charge on any atom is 0.303 e. The molecule has 1 unspecified atom stereocenters. The van der Waals surface area contributed by atoms with Crippen molar-refractivity contribution >= 4 is 12.0 Å². The van der Waals surface area contributed by atoms with E-state index in [1.165, 1.54) is 11.1 Å². The third-order valence-corrected chi connectivity index (χ3v) is 6.03. The summed E-state index contributed by atoms with van der Waals surface area (Å²) in [5.41, 5.74) is 4.09. The van der Waals surface area contributed by atoms with Crippen LogP contribution in [0.4, 0.5) is 0 Å². The van der Waals surface area contributed by atoms with Crippen molar-refractivity contribution in [3.05, 3.63) is 65.2 Å². The summed E-state index contributed by atoms with van der Waals surface area (Å²) >= 11 is 0. The minimum atomic E-state index is -0.799. The SMILES string of the molecule is CC1(C)CC(=Cc2ccc(OCCCC(=O)O)cc2)C(c2ccc(O)cc2)C(C)(C)C1. The second-order valence-electron chi connectivity index (χ2n) is 10.2. The van der Waals surface area contributed by atoms with Crippen LogP contribution in [0.25, 0.3) is 6.08 Å². The van der Waals surface area contributed by atoms with Gasteiger partial charge in [0.15, 0.2) is 0 Å².